The van der Waals surface area contributed by atoms with Crippen LogP contribution in [0.1, 0.15) is 18.4 Å². The summed E-state index contributed by atoms with van der Waals surface area (Å²) in [5.41, 5.74) is 1.90. The zero-order chi connectivity index (χ0) is 17.8. The second-order valence-electron chi connectivity index (χ2n) is 6.12. The number of halogens is 1. The number of rotatable bonds is 3. The highest BCUT2D eigenvalue weighted by Crippen LogP contribution is 2.22. The summed E-state index contributed by atoms with van der Waals surface area (Å²) in [5, 5.41) is 5.38. The smallest absolute Gasteiger partial charge is 0.322 e. The fourth-order valence-corrected chi connectivity index (χ4v) is 2.89. The number of carbonyl (C=O) groups is 2. The largest absolute Gasteiger partial charge is 0.322 e. The maximum atomic E-state index is 13.7. The fraction of sp³-hybridized carbons (Fsp3) is 0.263. The number of urea groups is 1. The number of anilines is 2. The van der Waals surface area contributed by atoms with E-state index < -0.39 is 11.9 Å². The number of hydrogen-bond donors (Lipinski definition) is 2. The summed E-state index contributed by atoms with van der Waals surface area (Å²) in [6.45, 7) is 2.46. The van der Waals surface area contributed by atoms with Crippen LogP contribution in [0.15, 0.2) is 48.5 Å². The number of aryl methyl sites for hydroxylation is 1. The maximum absolute atomic E-state index is 13.7. The van der Waals surface area contributed by atoms with Gasteiger partial charge in [0.05, 0.1) is 5.69 Å². The molecule has 25 heavy (non-hydrogen) atoms. The van der Waals surface area contributed by atoms with Crippen LogP contribution in [0.3, 0.4) is 0 Å². The van der Waals surface area contributed by atoms with Crippen LogP contribution in [0.2, 0.25) is 0 Å². The van der Waals surface area contributed by atoms with E-state index >= 15 is 0 Å². The first kappa shape index (κ1) is 17.0. The molecule has 0 spiro atoms. The molecule has 0 saturated carbocycles. The van der Waals surface area contributed by atoms with Crippen LogP contribution in [-0.2, 0) is 4.79 Å². The van der Waals surface area contributed by atoms with Gasteiger partial charge in [-0.05, 0) is 44.0 Å². The van der Waals surface area contributed by atoms with Gasteiger partial charge in [0.2, 0.25) is 5.91 Å². The molecule has 1 saturated heterocycles. The Balaban J connectivity index is 1.67. The molecule has 2 N–H and O–H groups in total. The van der Waals surface area contributed by atoms with E-state index in [4.69, 9.17) is 0 Å². The summed E-state index contributed by atoms with van der Waals surface area (Å²) in [5.74, 6) is -0.869. The molecule has 0 radical (unpaired) electrons. The van der Waals surface area contributed by atoms with Gasteiger partial charge >= 0.3 is 6.03 Å². The standard InChI is InChI=1S/C19H20FN3O2/c1-13-8-10-14(11-9-13)21-19(25)23-12-4-7-17(23)18(24)22-16-6-3-2-5-15(16)20/h2-3,5-6,8-11,17H,4,7,12H2,1H3,(H,21,25)(H,22,24). The van der Waals surface area contributed by atoms with E-state index in [1.807, 2.05) is 31.2 Å². The number of amides is 3. The van der Waals surface area contributed by atoms with E-state index in [9.17, 15) is 14.0 Å². The van der Waals surface area contributed by atoms with Crippen molar-refractivity contribution < 1.29 is 14.0 Å². The van der Waals surface area contributed by atoms with E-state index in [0.717, 1.165) is 12.0 Å². The minimum atomic E-state index is -0.606. The average molecular weight is 341 g/mol. The van der Waals surface area contributed by atoms with Crippen molar-refractivity contribution in [1.29, 1.82) is 0 Å². The molecule has 3 amide bonds. The SMILES string of the molecule is Cc1ccc(NC(=O)N2CCCC2C(=O)Nc2ccccc2F)cc1. The minimum Gasteiger partial charge on any atom is -0.322 e. The lowest BCUT2D eigenvalue weighted by atomic mass is 10.2. The highest BCUT2D eigenvalue weighted by atomic mass is 19.1. The van der Waals surface area contributed by atoms with E-state index in [1.54, 1.807) is 12.1 Å². The Bertz CT molecular complexity index is 776. The minimum absolute atomic E-state index is 0.123. The van der Waals surface area contributed by atoms with Crippen LogP contribution in [0, 0.1) is 12.7 Å². The number of para-hydroxylation sites is 1. The Kier molecular flexibility index (Phi) is 4.97. The summed E-state index contributed by atoms with van der Waals surface area (Å²) < 4.78 is 13.7. The number of benzene rings is 2. The maximum Gasteiger partial charge on any atom is 0.322 e. The first-order chi connectivity index (χ1) is 12.0. The fourth-order valence-electron chi connectivity index (χ4n) is 2.89. The van der Waals surface area contributed by atoms with Crippen LogP contribution >= 0.6 is 0 Å². The lowest BCUT2D eigenvalue weighted by Gasteiger charge is -2.24. The number of nitrogens with one attached hydrogen (secondary N) is 2. The van der Waals surface area contributed by atoms with Gasteiger partial charge in [0.15, 0.2) is 0 Å². The Morgan fingerprint density at radius 2 is 1.80 bits per heavy atom. The van der Waals surface area contributed by atoms with Crippen molar-refractivity contribution in [3.8, 4) is 0 Å². The van der Waals surface area contributed by atoms with Gasteiger partial charge in [0.1, 0.15) is 11.9 Å². The number of carbonyl (C=O) groups excluding carboxylic acids is 2. The third-order valence-corrected chi connectivity index (χ3v) is 4.25. The lowest BCUT2D eigenvalue weighted by Crippen LogP contribution is -2.45. The summed E-state index contributed by atoms with van der Waals surface area (Å²) in [6, 6.07) is 12.5. The highest BCUT2D eigenvalue weighted by Gasteiger charge is 2.34. The molecule has 1 aliphatic heterocycles. The molecular weight excluding hydrogens is 321 g/mol. The van der Waals surface area contributed by atoms with Crippen molar-refractivity contribution in [2.75, 3.05) is 17.2 Å². The predicted octanol–water partition coefficient (Wildman–Crippen LogP) is 3.77. The average Bonchev–Trinajstić information content (AvgIpc) is 3.09. The van der Waals surface area contributed by atoms with Crippen molar-refractivity contribution in [3.63, 3.8) is 0 Å². The van der Waals surface area contributed by atoms with E-state index in [1.165, 1.54) is 17.0 Å². The van der Waals surface area contributed by atoms with Crippen LogP contribution < -0.4 is 10.6 Å². The van der Waals surface area contributed by atoms with E-state index in [-0.39, 0.29) is 17.6 Å². The lowest BCUT2D eigenvalue weighted by molar-refractivity contribution is -0.119. The zero-order valence-corrected chi connectivity index (χ0v) is 14.0. The topological polar surface area (TPSA) is 61.4 Å². The Labute approximate surface area is 145 Å². The summed E-state index contributed by atoms with van der Waals surface area (Å²) >= 11 is 0. The molecule has 0 bridgehead atoms. The van der Waals surface area contributed by atoms with Gasteiger partial charge in [-0.1, -0.05) is 29.8 Å². The van der Waals surface area contributed by atoms with Crippen LogP contribution in [0.25, 0.3) is 0 Å². The van der Waals surface area contributed by atoms with Gasteiger partial charge < -0.3 is 15.5 Å². The van der Waals surface area contributed by atoms with E-state index in [0.29, 0.717) is 18.7 Å². The van der Waals surface area contributed by atoms with Crippen LogP contribution in [0.4, 0.5) is 20.6 Å². The Morgan fingerprint density at radius 3 is 2.52 bits per heavy atom. The van der Waals surface area contributed by atoms with Crippen molar-refractivity contribution >= 4 is 23.3 Å². The second kappa shape index (κ2) is 7.34. The molecule has 1 fully saturated rings. The first-order valence-electron chi connectivity index (χ1n) is 8.24. The molecule has 130 valence electrons. The highest BCUT2D eigenvalue weighted by molar-refractivity contribution is 5.99. The molecule has 1 unspecified atom stereocenters. The summed E-state index contributed by atoms with van der Waals surface area (Å²) in [4.78, 5) is 26.5. The second-order valence-corrected chi connectivity index (χ2v) is 6.12. The molecule has 1 heterocycles. The molecular formula is C19H20FN3O2. The van der Waals surface area contributed by atoms with Gasteiger partial charge in [0, 0.05) is 12.2 Å². The molecule has 3 rings (SSSR count). The number of nitrogens with zero attached hydrogens (tertiary/aromatic N) is 1. The Hall–Kier alpha value is -2.89. The van der Waals surface area contributed by atoms with Crippen molar-refractivity contribution in [2.24, 2.45) is 0 Å². The van der Waals surface area contributed by atoms with Crippen molar-refractivity contribution in [1.82, 2.24) is 4.90 Å². The van der Waals surface area contributed by atoms with Crippen LogP contribution in [0.5, 0.6) is 0 Å². The molecule has 6 heteroatoms. The summed E-state index contributed by atoms with van der Waals surface area (Å²) in [6.07, 6.45) is 1.29. The number of likely N-dealkylation sites (tertiary alicyclic amines) is 1. The Morgan fingerprint density at radius 1 is 1.08 bits per heavy atom. The van der Waals surface area contributed by atoms with Gasteiger partial charge in [-0.25, -0.2) is 9.18 Å². The van der Waals surface area contributed by atoms with Gasteiger partial charge in [-0.15, -0.1) is 0 Å². The van der Waals surface area contributed by atoms with Gasteiger partial charge in [-0.2, -0.15) is 0 Å². The monoisotopic (exact) mass is 341 g/mol. The first-order valence-corrected chi connectivity index (χ1v) is 8.24. The number of hydrogen-bond acceptors (Lipinski definition) is 2. The third kappa shape index (κ3) is 3.96. The molecule has 0 aromatic heterocycles. The molecule has 0 aliphatic carbocycles. The van der Waals surface area contributed by atoms with Crippen LogP contribution in [-0.4, -0.2) is 29.4 Å². The summed E-state index contributed by atoms with van der Waals surface area (Å²) in [7, 11) is 0. The molecule has 2 aromatic rings. The van der Waals surface area contributed by atoms with Crippen molar-refractivity contribution in [2.45, 2.75) is 25.8 Å². The van der Waals surface area contributed by atoms with Crippen molar-refractivity contribution in [3.05, 3.63) is 59.9 Å². The normalized spacial score (nSPS) is 16.6. The van der Waals surface area contributed by atoms with Gasteiger partial charge in [0.25, 0.3) is 0 Å². The molecule has 5 nitrogen and oxygen atoms in total. The molecule has 2 aromatic carbocycles. The zero-order valence-electron chi connectivity index (χ0n) is 14.0. The quantitative estimate of drug-likeness (QED) is 0.893. The molecule has 1 aliphatic rings. The van der Waals surface area contributed by atoms with E-state index in [2.05, 4.69) is 10.6 Å². The van der Waals surface area contributed by atoms with Gasteiger partial charge in [-0.3, -0.25) is 4.79 Å². The predicted molar refractivity (Wildman–Crippen MR) is 95.0 cm³/mol. The third-order valence-electron chi connectivity index (χ3n) is 4.25. The molecule has 1 atom stereocenters.